The molecule has 1 fully saturated rings. The molecule has 0 aliphatic carbocycles. The molecule has 17 heteroatoms. The highest BCUT2D eigenvalue weighted by molar-refractivity contribution is 7.80. The van der Waals surface area contributed by atoms with Crippen LogP contribution in [0, 0.1) is 23.7 Å². The molecule has 0 aromatic heterocycles. The lowest BCUT2D eigenvalue weighted by Gasteiger charge is -2.32. The number of unbranched alkanes of at least 4 members (excludes halogenated alkanes) is 1. The minimum atomic E-state index is -1.18. The van der Waals surface area contributed by atoms with E-state index in [-0.39, 0.29) is 42.9 Å². The maximum atomic E-state index is 13.7. The summed E-state index contributed by atoms with van der Waals surface area (Å²) >= 11 is 4.28. The van der Waals surface area contributed by atoms with Gasteiger partial charge in [-0.1, -0.05) is 61.8 Å². The van der Waals surface area contributed by atoms with Crippen molar-refractivity contribution in [3.05, 3.63) is 0 Å². The van der Waals surface area contributed by atoms with E-state index in [0.29, 0.717) is 32.2 Å². The van der Waals surface area contributed by atoms with Gasteiger partial charge in [0.1, 0.15) is 36.3 Å². The summed E-state index contributed by atoms with van der Waals surface area (Å²) in [5.41, 5.74) is 11.6. The number of rotatable bonds is 23. The molecule has 6 amide bonds. The Bertz CT molecular complexity index is 1250. The topological polar surface area (TPSA) is 255 Å². The molecule has 1 aliphatic heterocycles. The first-order valence-corrected chi connectivity index (χ1v) is 19.5. The fraction of sp³-hybridized carbons (Fsp3) is 0.806. The number of hydrogen-bond acceptors (Lipinski definition) is 10. The van der Waals surface area contributed by atoms with Gasteiger partial charge in [-0.2, -0.15) is 12.6 Å². The van der Waals surface area contributed by atoms with E-state index in [0.717, 1.165) is 6.42 Å². The number of carboxylic acids is 1. The summed E-state index contributed by atoms with van der Waals surface area (Å²) in [7, 11) is 0. The summed E-state index contributed by atoms with van der Waals surface area (Å²) < 4.78 is 0. The number of nitrogens with one attached hydrogen (secondary N) is 5. The predicted molar refractivity (Wildman–Crippen MR) is 205 cm³/mol. The van der Waals surface area contributed by atoms with Crippen LogP contribution in [0.2, 0.25) is 0 Å². The molecule has 1 saturated heterocycles. The van der Waals surface area contributed by atoms with Crippen LogP contribution < -0.4 is 38.1 Å². The van der Waals surface area contributed by atoms with Crippen LogP contribution in [0.3, 0.4) is 0 Å². The second kappa shape index (κ2) is 23.4. The smallest absolute Gasteiger partial charge is 0.326 e. The van der Waals surface area contributed by atoms with E-state index in [1.807, 2.05) is 27.7 Å². The van der Waals surface area contributed by atoms with Crippen molar-refractivity contribution in [1.29, 1.82) is 0 Å². The summed E-state index contributed by atoms with van der Waals surface area (Å²) in [6.07, 6.45) is 3.11. The fourth-order valence-electron chi connectivity index (χ4n) is 6.08. The number of thiol groups is 1. The van der Waals surface area contributed by atoms with Crippen molar-refractivity contribution in [3.8, 4) is 0 Å². The Morgan fingerprint density at radius 1 is 0.717 bits per heavy atom. The van der Waals surface area contributed by atoms with Gasteiger partial charge in [0.15, 0.2) is 0 Å². The Labute approximate surface area is 320 Å². The Balaban J connectivity index is 3.06. The van der Waals surface area contributed by atoms with Crippen LogP contribution in [-0.4, -0.2) is 113 Å². The minimum absolute atomic E-state index is 0.00150. The Morgan fingerprint density at radius 2 is 1.25 bits per heavy atom. The third-order valence-corrected chi connectivity index (χ3v) is 9.46. The predicted octanol–water partition coefficient (Wildman–Crippen LogP) is 0.276. The highest BCUT2D eigenvalue weighted by Crippen LogP contribution is 2.21. The minimum Gasteiger partial charge on any atom is -0.480 e. The van der Waals surface area contributed by atoms with E-state index < -0.39 is 89.6 Å². The van der Waals surface area contributed by atoms with Crippen molar-refractivity contribution in [2.24, 2.45) is 35.1 Å². The van der Waals surface area contributed by atoms with Crippen LogP contribution in [0.5, 0.6) is 0 Å². The van der Waals surface area contributed by atoms with Gasteiger partial charge in [-0.25, -0.2) is 4.79 Å². The lowest BCUT2D eigenvalue weighted by molar-refractivity contribution is -0.143. The molecule has 7 atom stereocenters. The highest BCUT2D eigenvalue weighted by atomic mass is 32.1. The van der Waals surface area contributed by atoms with Crippen molar-refractivity contribution in [2.75, 3.05) is 18.8 Å². The zero-order valence-electron chi connectivity index (χ0n) is 32.8. The monoisotopic (exact) mass is 770 g/mol. The van der Waals surface area contributed by atoms with Crippen molar-refractivity contribution < 1.29 is 38.7 Å². The van der Waals surface area contributed by atoms with Crippen LogP contribution in [0.15, 0.2) is 0 Å². The van der Waals surface area contributed by atoms with Gasteiger partial charge in [0, 0.05) is 12.3 Å². The maximum absolute atomic E-state index is 13.7. The fourth-order valence-corrected chi connectivity index (χ4v) is 6.33. The molecule has 0 aromatic carbocycles. The molecule has 7 unspecified atom stereocenters. The number of carboxylic acid groups (broad SMARTS) is 1. The SMILES string of the molecule is CC(C)CC(NC(=O)C(CC(C)C)NC(=O)C(NC(=O)C(CS)NC(=O)C1CCCN1C(=O)C(NC(=O)C(N)CCCCN)C(C)C)C(C)C)C(=O)O. The quantitative estimate of drug-likeness (QED) is 0.0507. The van der Waals surface area contributed by atoms with Crippen LogP contribution in [-0.2, 0) is 33.6 Å². The van der Waals surface area contributed by atoms with Crippen molar-refractivity contribution in [3.63, 3.8) is 0 Å². The van der Waals surface area contributed by atoms with E-state index in [1.165, 1.54) is 4.90 Å². The molecule has 0 aromatic rings. The number of carbonyl (C=O) groups is 7. The average molecular weight is 771 g/mol. The average Bonchev–Trinajstić information content (AvgIpc) is 3.56. The summed E-state index contributed by atoms with van der Waals surface area (Å²) in [6, 6.07) is -7.12. The van der Waals surface area contributed by atoms with Crippen LogP contribution in [0.4, 0.5) is 0 Å². The van der Waals surface area contributed by atoms with Crippen LogP contribution in [0.1, 0.15) is 100 Å². The van der Waals surface area contributed by atoms with Gasteiger partial charge in [0.05, 0.1) is 6.04 Å². The number of nitrogens with zero attached hydrogens (tertiary/aromatic N) is 1. The van der Waals surface area contributed by atoms with E-state index in [1.54, 1.807) is 27.7 Å². The molecule has 16 nitrogen and oxygen atoms in total. The van der Waals surface area contributed by atoms with Crippen molar-refractivity contribution in [2.45, 2.75) is 143 Å². The number of hydrogen-bond donors (Lipinski definition) is 9. The van der Waals surface area contributed by atoms with Crippen molar-refractivity contribution in [1.82, 2.24) is 31.5 Å². The van der Waals surface area contributed by atoms with E-state index in [9.17, 15) is 38.7 Å². The maximum Gasteiger partial charge on any atom is 0.326 e. The zero-order valence-corrected chi connectivity index (χ0v) is 33.7. The Kier molecular flexibility index (Phi) is 21.0. The third kappa shape index (κ3) is 15.8. The molecule has 1 aliphatic rings. The first-order chi connectivity index (χ1) is 24.7. The number of carbonyl (C=O) groups excluding carboxylic acids is 6. The largest absolute Gasteiger partial charge is 0.480 e. The van der Waals surface area contributed by atoms with Gasteiger partial charge in [0.2, 0.25) is 35.4 Å². The highest BCUT2D eigenvalue weighted by Gasteiger charge is 2.40. The summed E-state index contributed by atoms with van der Waals surface area (Å²) in [5.74, 6) is -5.53. The number of likely N-dealkylation sites (tertiary alicyclic amines) is 1. The molecule has 10 N–H and O–H groups in total. The van der Waals surface area contributed by atoms with Gasteiger partial charge in [-0.3, -0.25) is 28.8 Å². The van der Waals surface area contributed by atoms with E-state index in [2.05, 4.69) is 39.2 Å². The van der Waals surface area contributed by atoms with E-state index in [4.69, 9.17) is 11.5 Å². The van der Waals surface area contributed by atoms with E-state index >= 15 is 0 Å². The molecule has 53 heavy (non-hydrogen) atoms. The molecule has 0 bridgehead atoms. The number of aliphatic carboxylic acids is 1. The van der Waals surface area contributed by atoms with Gasteiger partial charge in [-0.15, -0.1) is 0 Å². The lowest BCUT2D eigenvalue weighted by atomic mass is 9.98. The van der Waals surface area contributed by atoms with Gasteiger partial charge >= 0.3 is 5.97 Å². The van der Waals surface area contributed by atoms with Crippen LogP contribution in [0.25, 0.3) is 0 Å². The number of nitrogens with two attached hydrogens (primary N) is 2. The summed E-state index contributed by atoms with van der Waals surface area (Å²) in [5, 5.41) is 23.0. The molecular weight excluding hydrogens is 705 g/mol. The standard InChI is InChI=1S/C36H66N8O8S/c1-19(2)16-24(31(46)40-25(36(51)52)17-20(3)4)39-34(49)28(21(5)6)42-32(47)26(18-53)41-33(48)27-13-11-15-44(27)35(50)29(22(7)8)43-30(45)23(38)12-9-10-14-37/h19-29,53H,9-18,37-38H2,1-8H3,(H,39,49)(H,40,46)(H,41,48)(H,42,47)(H,43,45)(H,51,52). The summed E-state index contributed by atoms with van der Waals surface area (Å²) in [4.78, 5) is 93.6. The third-order valence-electron chi connectivity index (χ3n) is 9.10. The Hall–Kier alpha value is -3.44. The molecule has 0 radical (unpaired) electrons. The lowest BCUT2D eigenvalue weighted by Crippen LogP contribution is -2.61. The molecule has 1 rings (SSSR count). The normalized spacial score (nSPS) is 17.9. The zero-order chi connectivity index (χ0) is 40.6. The van der Waals surface area contributed by atoms with Crippen molar-refractivity contribution >= 4 is 54.0 Å². The molecule has 0 spiro atoms. The Morgan fingerprint density at radius 3 is 1.75 bits per heavy atom. The molecular formula is C36H66N8O8S. The molecule has 0 saturated carbocycles. The molecule has 304 valence electrons. The summed E-state index contributed by atoms with van der Waals surface area (Å²) in [6.45, 7) is 15.1. The van der Waals surface area contributed by atoms with Gasteiger partial charge in [-0.05, 0) is 68.7 Å². The first-order valence-electron chi connectivity index (χ1n) is 18.9. The van der Waals surface area contributed by atoms with Gasteiger partial charge in [0.25, 0.3) is 0 Å². The number of amides is 6. The second-order valence-corrected chi connectivity index (χ2v) is 15.9. The van der Waals surface area contributed by atoms with Gasteiger partial charge < -0.3 is 48.1 Å². The first kappa shape index (κ1) is 47.6. The second-order valence-electron chi connectivity index (χ2n) is 15.5. The molecule has 1 heterocycles. The van der Waals surface area contributed by atoms with Crippen LogP contribution >= 0.6 is 12.6 Å².